The lowest BCUT2D eigenvalue weighted by atomic mass is 10.2. The Morgan fingerprint density at radius 2 is 1.75 bits per heavy atom. The van der Waals surface area contributed by atoms with Gasteiger partial charge in [-0.05, 0) is 59.6 Å². The van der Waals surface area contributed by atoms with E-state index in [4.69, 9.17) is 9.26 Å². The van der Waals surface area contributed by atoms with Gasteiger partial charge in [-0.2, -0.15) is 0 Å². The lowest BCUT2D eigenvalue weighted by Gasteiger charge is -2.29. The van der Waals surface area contributed by atoms with E-state index < -0.39 is 21.9 Å². The number of carbonyl (C=O) groups excluding carboxylic acids is 1. The van der Waals surface area contributed by atoms with Gasteiger partial charge in [-0.25, -0.2) is 4.79 Å². The second kappa shape index (κ2) is 5.51. The molecule has 0 heterocycles. The summed E-state index contributed by atoms with van der Waals surface area (Å²) in [6.45, 7) is 8.56. The summed E-state index contributed by atoms with van der Waals surface area (Å²) in [5.41, 5.74) is -0.643. The van der Waals surface area contributed by atoms with E-state index in [1.807, 2.05) is 0 Å². The first-order chi connectivity index (χ1) is 6.94. The van der Waals surface area contributed by atoms with Crippen LogP contribution in [0.1, 0.15) is 27.7 Å². The monoisotopic (exact) mass is 378 g/mol. The van der Waals surface area contributed by atoms with Gasteiger partial charge in [0.2, 0.25) is 7.37 Å². The Bertz CT molecular complexity index is 309. The maximum absolute atomic E-state index is 12.1. The van der Waals surface area contributed by atoms with Crippen molar-refractivity contribution in [3.05, 3.63) is 0 Å². The summed E-state index contributed by atoms with van der Waals surface area (Å²) in [6, 6.07) is 0. The molecule has 0 aliphatic heterocycles. The fourth-order valence-corrected chi connectivity index (χ4v) is 2.64. The summed E-state index contributed by atoms with van der Waals surface area (Å²) >= 11 is 6.15. The van der Waals surface area contributed by atoms with Crippen molar-refractivity contribution in [1.29, 1.82) is 0 Å². The first kappa shape index (κ1) is 16.6. The highest BCUT2D eigenvalue weighted by Gasteiger charge is 2.51. The molecule has 1 unspecified atom stereocenters. The fourth-order valence-electron chi connectivity index (χ4n) is 0.833. The van der Waals surface area contributed by atoms with E-state index in [-0.39, 0.29) is 6.61 Å². The molecule has 1 atom stereocenters. The lowest BCUT2D eigenvalue weighted by molar-refractivity contribution is -0.153. The second-order valence-electron chi connectivity index (χ2n) is 4.31. The summed E-state index contributed by atoms with van der Waals surface area (Å²) in [4.78, 5) is 11.8. The molecule has 96 valence electrons. The van der Waals surface area contributed by atoms with Crippen molar-refractivity contribution in [2.75, 3.05) is 13.3 Å². The molecular formula is C9H17Br2O4P. The van der Waals surface area contributed by atoms with Crippen LogP contribution in [-0.2, 0) is 18.6 Å². The van der Waals surface area contributed by atoms with Crippen LogP contribution in [0.4, 0.5) is 0 Å². The molecule has 7 heteroatoms. The molecule has 0 N–H and O–H groups in total. The molecule has 0 bridgehead atoms. The minimum absolute atomic E-state index is 0.259. The van der Waals surface area contributed by atoms with E-state index in [2.05, 4.69) is 31.9 Å². The van der Waals surface area contributed by atoms with Crippen molar-refractivity contribution < 1.29 is 18.6 Å². The number of esters is 1. The first-order valence-electron chi connectivity index (χ1n) is 4.77. The third kappa shape index (κ3) is 4.47. The van der Waals surface area contributed by atoms with Gasteiger partial charge in [0.1, 0.15) is 5.60 Å². The van der Waals surface area contributed by atoms with E-state index in [9.17, 15) is 9.36 Å². The SMILES string of the molecule is CCOP(C)(=O)C(Br)(Br)C(=O)OC(C)(C)C. The van der Waals surface area contributed by atoms with E-state index in [0.717, 1.165) is 0 Å². The Kier molecular flexibility index (Phi) is 5.72. The number of ether oxygens (including phenoxy) is 1. The fraction of sp³-hybridized carbons (Fsp3) is 0.889. The standard InChI is InChI=1S/C9H17Br2O4P/c1-6-14-16(5,13)9(10,11)7(12)15-8(2,3)4/h6H2,1-5H3. The molecular weight excluding hydrogens is 363 g/mol. The molecule has 0 aromatic carbocycles. The van der Waals surface area contributed by atoms with Crippen LogP contribution in [0.25, 0.3) is 0 Å². The third-order valence-electron chi connectivity index (χ3n) is 1.53. The van der Waals surface area contributed by atoms with E-state index in [0.29, 0.717) is 0 Å². The van der Waals surface area contributed by atoms with E-state index >= 15 is 0 Å². The smallest absolute Gasteiger partial charge is 0.344 e. The molecule has 0 spiro atoms. The third-order valence-corrected chi connectivity index (χ3v) is 8.00. The average molecular weight is 380 g/mol. The topological polar surface area (TPSA) is 52.6 Å². The van der Waals surface area contributed by atoms with Gasteiger partial charge in [0.15, 0.2) is 0 Å². The number of halogens is 2. The quantitative estimate of drug-likeness (QED) is 0.424. The minimum atomic E-state index is -3.18. The van der Waals surface area contributed by atoms with Gasteiger partial charge in [0, 0.05) is 6.66 Å². The predicted octanol–water partition coefficient (Wildman–Crippen LogP) is 3.72. The molecule has 0 saturated carbocycles. The Labute approximate surface area is 113 Å². The normalized spacial score (nSPS) is 16.7. The van der Waals surface area contributed by atoms with Crippen LogP contribution in [0, 0.1) is 0 Å². The zero-order valence-corrected chi connectivity index (χ0v) is 14.1. The van der Waals surface area contributed by atoms with Gasteiger partial charge in [0.25, 0.3) is 2.97 Å². The summed E-state index contributed by atoms with van der Waals surface area (Å²) in [5.74, 6) is -0.653. The summed E-state index contributed by atoms with van der Waals surface area (Å²) in [5, 5.41) is 0. The number of hydrogen-bond donors (Lipinski definition) is 0. The zero-order valence-electron chi connectivity index (χ0n) is 10.0. The molecule has 0 saturated heterocycles. The van der Waals surface area contributed by atoms with Crippen molar-refractivity contribution >= 4 is 45.2 Å². The van der Waals surface area contributed by atoms with Crippen molar-refractivity contribution in [1.82, 2.24) is 0 Å². The van der Waals surface area contributed by atoms with Crippen LogP contribution in [0.15, 0.2) is 0 Å². The largest absolute Gasteiger partial charge is 0.458 e. The Hall–Kier alpha value is 0.620. The number of carbonyl (C=O) groups is 1. The average Bonchev–Trinajstić information content (AvgIpc) is 2.00. The molecule has 0 rings (SSSR count). The summed E-state index contributed by atoms with van der Waals surface area (Å²) < 4.78 is 20.9. The Balaban J connectivity index is 4.92. The van der Waals surface area contributed by atoms with Crippen LogP contribution >= 0.6 is 39.2 Å². The van der Waals surface area contributed by atoms with Gasteiger partial charge in [0.05, 0.1) is 6.61 Å². The predicted molar refractivity (Wildman–Crippen MR) is 71.6 cm³/mol. The van der Waals surface area contributed by atoms with Crippen molar-refractivity contribution in [2.45, 2.75) is 36.3 Å². The molecule has 16 heavy (non-hydrogen) atoms. The number of alkyl halides is 2. The maximum atomic E-state index is 12.1. The minimum Gasteiger partial charge on any atom is -0.458 e. The highest BCUT2D eigenvalue weighted by atomic mass is 79.9. The lowest BCUT2D eigenvalue weighted by Crippen LogP contribution is -2.34. The van der Waals surface area contributed by atoms with Crippen LogP contribution in [0.5, 0.6) is 0 Å². The van der Waals surface area contributed by atoms with Crippen LogP contribution < -0.4 is 0 Å². The number of rotatable bonds is 4. The van der Waals surface area contributed by atoms with Crippen molar-refractivity contribution in [3.8, 4) is 0 Å². The summed E-state index contributed by atoms with van der Waals surface area (Å²) in [7, 11) is -3.18. The first-order valence-corrected chi connectivity index (χ1v) is 8.43. The maximum Gasteiger partial charge on any atom is 0.344 e. The van der Waals surface area contributed by atoms with Gasteiger partial charge in [-0.1, -0.05) is 0 Å². The zero-order chi connectivity index (χ0) is 13.2. The van der Waals surface area contributed by atoms with Crippen LogP contribution in [-0.4, -0.2) is 27.8 Å². The molecule has 0 aliphatic rings. The molecule has 0 amide bonds. The summed E-state index contributed by atoms with van der Waals surface area (Å²) in [6.07, 6.45) is 0. The van der Waals surface area contributed by atoms with Gasteiger partial charge < -0.3 is 9.26 Å². The van der Waals surface area contributed by atoms with E-state index in [1.54, 1.807) is 27.7 Å². The molecule has 0 radical (unpaired) electrons. The van der Waals surface area contributed by atoms with Gasteiger partial charge in [-0.3, -0.25) is 4.57 Å². The molecule has 0 aliphatic carbocycles. The highest BCUT2D eigenvalue weighted by Crippen LogP contribution is 2.63. The molecule has 0 aromatic rings. The molecule has 0 aromatic heterocycles. The van der Waals surface area contributed by atoms with Crippen molar-refractivity contribution in [2.24, 2.45) is 0 Å². The number of hydrogen-bond acceptors (Lipinski definition) is 4. The van der Waals surface area contributed by atoms with E-state index in [1.165, 1.54) is 6.66 Å². The second-order valence-corrected chi connectivity index (χ2v) is 11.6. The van der Waals surface area contributed by atoms with Crippen LogP contribution in [0.2, 0.25) is 0 Å². The highest BCUT2D eigenvalue weighted by molar-refractivity contribution is 9.27. The molecule has 4 nitrogen and oxygen atoms in total. The van der Waals surface area contributed by atoms with Gasteiger partial charge in [-0.15, -0.1) is 0 Å². The Morgan fingerprint density at radius 3 is 2.06 bits per heavy atom. The van der Waals surface area contributed by atoms with Crippen LogP contribution in [0.3, 0.4) is 0 Å². The molecule has 0 fully saturated rings. The van der Waals surface area contributed by atoms with Gasteiger partial charge >= 0.3 is 5.97 Å². The van der Waals surface area contributed by atoms with Crippen molar-refractivity contribution in [3.63, 3.8) is 0 Å². The Morgan fingerprint density at radius 1 is 1.31 bits per heavy atom.